The Balaban J connectivity index is 1.82. The number of nitrogens with zero attached hydrogens (tertiary/aromatic N) is 3. The number of methoxy groups -OCH3 is 1. The molecule has 1 aromatic carbocycles. The van der Waals surface area contributed by atoms with Gasteiger partial charge in [0.1, 0.15) is 17.3 Å². The smallest absolute Gasteiger partial charge is 0.144 e. The summed E-state index contributed by atoms with van der Waals surface area (Å²) in [5.74, 6) is 1.76. The van der Waals surface area contributed by atoms with Crippen molar-refractivity contribution in [2.75, 3.05) is 34.4 Å². The normalized spacial score (nSPS) is 21.5. The molecule has 1 fully saturated rings. The number of likely N-dealkylation sites (N-methyl/N-ethyl adjacent to an activating group) is 1. The van der Waals surface area contributed by atoms with Crippen LogP contribution in [0.15, 0.2) is 29.5 Å². The number of hydrogen-bond acceptors (Lipinski definition) is 6. The molecular formula is C18H23N5O2. The predicted octanol–water partition coefficient (Wildman–Crippen LogP) is 1.52. The summed E-state index contributed by atoms with van der Waals surface area (Å²) in [4.78, 5) is 4.83. The van der Waals surface area contributed by atoms with Gasteiger partial charge in [0, 0.05) is 32.0 Å². The summed E-state index contributed by atoms with van der Waals surface area (Å²) in [6, 6.07) is 4.14. The lowest BCUT2D eigenvalue weighted by molar-refractivity contribution is 0.188. The summed E-state index contributed by atoms with van der Waals surface area (Å²) in [6.07, 6.45) is 4.79. The second-order valence-electron chi connectivity index (χ2n) is 6.46. The zero-order valence-corrected chi connectivity index (χ0v) is 14.8. The highest BCUT2D eigenvalue weighted by Crippen LogP contribution is 2.47. The SMILES string of the molecule is CNCc1cnn(-c2cc3c(cc2OC)[C@@]2(CCOC2)C(NC)=N3)c1. The maximum atomic E-state index is 5.70. The molecule has 132 valence electrons. The van der Waals surface area contributed by atoms with Crippen molar-refractivity contribution < 1.29 is 9.47 Å². The van der Waals surface area contributed by atoms with Crippen LogP contribution in [0.3, 0.4) is 0 Å². The van der Waals surface area contributed by atoms with Gasteiger partial charge in [-0.15, -0.1) is 0 Å². The highest BCUT2D eigenvalue weighted by Gasteiger charge is 2.47. The van der Waals surface area contributed by atoms with Crippen molar-refractivity contribution in [2.24, 2.45) is 4.99 Å². The fraction of sp³-hybridized carbons (Fsp3) is 0.444. The fourth-order valence-corrected chi connectivity index (χ4v) is 3.78. The molecule has 0 unspecified atom stereocenters. The van der Waals surface area contributed by atoms with Crippen molar-refractivity contribution in [3.8, 4) is 11.4 Å². The molecule has 25 heavy (non-hydrogen) atoms. The molecule has 4 rings (SSSR count). The first-order valence-electron chi connectivity index (χ1n) is 8.47. The summed E-state index contributed by atoms with van der Waals surface area (Å²) < 4.78 is 13.2. The van der Waals surface area contributed by atoms with Crippen LogP contribution < -0.4 is 15.4 Å². The number of rotatable bonds is 4. The average molecular weight is 341 g/mol. The van der Waals surface area contributed by atoms with E-state index in [2.05, 4.69) is 27.9 Å². The Labute approximate surface area is 147 Å². The van der Waals surface area contributed by atoms with Gasteiger partial charge in [0.05, 0.1) is 31.0 Å². The van der Waals surface area contributed by atoms with Gasteiger partial charge in [-0.1, -0.05) is 0 Å². The number of benzene rings is 1. The lowest BCUT2D eigenvalue weighted by Gasteiger charge is -2.25. The zero-order chi connectivity index (χ0) is 17.4. The van der Waals surface area contributed by atoms with Gasteiger partial charge in [-0.2, -0.15) is 5.10 Å². The van der Waals surface area contributed by atoms with E-state index >= 15 is 0 Å². The van der Waals surface area contributed by atoms with Crippen molar-refractivity contribution >= 4 is 11.5 Å². The van der Waals surface area contributed by atoms with Crippen molar-refractivity contribution in [3.63, 3.8) is 0 Å². The summed E-state index contributed by atoms with van der Waals surface area (Å²) in [5.41, 5.74) is 3.94. The first kappa shape index (κ1) is 16.1. The maximum Gasteiger partial charge on any atom is 0.144 e. The van der Waals surface area contributed by atoms with Crippen LogP contribution in [0.5, 0.6) is 5.75 Å². The number of nitrogens with one attached hydrogen (secondary N) is 2. The van der Waals surface area contributed by atoms with Crippen molar-refractivity contribution in [2.45, 2.75) is 18.4 Å². The highest BCUT2D eigenvalue weighted by molar-refractivity contribution is 6.01. The minimum Gasteiger partial charge on any atom is -0.494 e. The van der Waals surface area contributed by atoms with Crippen LogP contribution in [0.25, 0.3) is 5.69 Å². The quantitative estimate of drug-likeness (QED) is 0.882. The van der Waals surface area contributed by atoms with Crippen molar-refractivity contribution in [1.82, 2.24) is 20.4 Å². The van der Waals surface area contributed by atoms with Crippen LogP contribution in [0, 0.1) is 0 Å². The number of amidine groups is 1. The third kappa shape index (κ3) is 2.42. The van der Waals surface area contributed by atoms with Crippen LogP contribution in [0.4, 0.5) is 5.69 Å². The van der Waals surface area contributed by atoms with Crippen molar-refractivity contribution in [3.05, 3.63) is 35.7 Å². The highest BCUT2D eigenvalue weighted by atomic mass is 16.5. The van der Waals surface area contributed by atoms with Gasteiger partial charge < -0.3 is 20.1 Å². The molecule has 3 heterocycles. The Bertz CT molecular complexity index is 821. The molecule has 7 heteroatoms. The third-order valence-electron chi connectivity index (χ3n) is 5.02. The van der Waals surface area contributed by atoms with Crippen LogP contribution >= 0.6 is 0 Å². The van der Waals surface area contributed by atoms with E-state index in [0.29, 0.717) is 6.61 Å². The Morgan fingerprint density at radius 2 is 2.24 bits per heavy atom. The second kappa shape index (κ2) is 6.16. The first-order chi connectivity index (χ1) is 12.2. The summed E-state index contributed by atoms with van der Waals surface area (Å²) in [7, 11) is 5.53. The molecule has 0 saturated carbocycles. The number of hydrogen-bond donors (Lipinski definition) is 2. The minimum atomic E-state index is -0.183. The number of ether oxygens (including phenoxy) is 2. The molecule has 2 aliphatic heterocycles. The second-order valence-corrected chi connectivity index (χ2v) is 6.46. The van der Waals surface area contributed by atoms with Gasteiger partial charge in [0.25, 0.3) is 0 Å². The van der Waals surface area contributed by atoms with Gasteiger partial charge in [0.2, 0.25) is 0 Å². The summed E-state index contributed by atoms with van der Waals surface area (Å²) >= 11 is 0. The fourth-order valence-electron chi connectivity index (χ4n) is 3.78. The van der Waals surface area contributed by atoms with Crippen LogP contribution in [0.1, 0.15) is 17.5 Å². The van der Waals surface area contributed by atoms with Gasteiger partial charge in [0.15, 0.2) is 0 Å². The monoisotopic (exact) mass is 341 g/mol. The lowest BCUT2D eigenvalue weighted by Crippen LogP contribution is -2.41. The van der Waals surface area contributed by atoms with Crippen LogP contribution in [-0.4, -0.2) is 50.0 Å². The molecule has 1 aromatic heterocycles. The van der Waals surface area contributed by atoms with Gasteiger partial charge in [-0.05, 0) is 31.2 Å². The largest absolute Gasteiger partial charge is 0.494 e. The van der Waals surface area contributed by atoms with E-state index < -0.39 is 0 Å². The molecule has 0 aliphatic carbocycles. The van der Waals surface area contributed by atoms with E-state index in [1.807, 2.05) is 31.2 Å². The molecule has 0 radical (unpaired) electrons. The molecule has 1 saturated heterocycles. The van der Waals surface area contributed by atoms with E-state index in [1.54, 1.807) is 7.11 Å². The molecule has 7 nitrogen and oxygen atoms in total. The minimum absolute atomic E-state index is 0.183. The van der Waals surface area contributed by atoms with E-state index in [0.717, 1.165) is 53.7 Å². The standard InChI is InChI=1S/C18H23N5O2/c1-19-8-12-9-21-23(10-12)15-7-14-13(6-16(15)24-3)18(4-5-25-11-18)17(20-2)22-14/h6-7,9-10,19H,4-5,8,11H2,1-3H3,(H,20,22)/t18-/m0/s1. The lowest BCUT2D eigenvalue weighted by atomic mass is 9.79. The Hall–Kier alpha value is -2.38. The summed E-state index contributed by atoms with van der Waals surface area (Å²) in [6.45, 7) is 2.17. The third-order valence-corrected chi connectivity index (χ3v) is 5.02. The predicted molar refractivity (Wildman–Crippen MR) is 96.1 cm³/mol. The molecule has 1 spiro atoms. The van der Waals surface area contributed by atoms with Crippen LogP contribution in [0.2, 0.25) is 0 Å². The molecule has 2 aromatic rings. The van der Waals surface area contributed by atoms with Gasteiger partial charge in [-0.3, -0.25) is 0 Å². The Morgan fingerprint density at radius 1 is 1.36 bits per heavy atom. The van der Waals surface area contributed by atoms with Gasteiger partial charge in [-0.25, -0.2) is 9.67 Å². The molecule has 2 aliphatic rings. The van der Waals surface area contributed by atoms with Crippen molar-refractivity contribution in [1.29, 1.82) is 0 Å². The van der Waals surface area contributed by atoms with Gasteiger partial charge >= 0.3 is 0 Å². The molecular weight excluding hydrogens is 318 g/mol. The van der Waals surface area contributed by atoms with E-state index in [9.17, 15) is 0 Å². The van der Waals surface area contributed by atoms with E-state index in [-0.39, 0.29) is 5.41 Å². The molecule has 1 atom stereocenters. The Morgan fingerprint density at radius 3 is 2.92 bits per heavy atom. The zero-order valence-electron chi connectivity index (χ0n) is 14.8. The van der Waals surface area contributed by atoms with Crippen LogP contribution in [-0.2, 0) is 16.7 Å². The molecule has 2 N–H and O–H groups in total. The summed E-state index contributed by atoms with van der Waals surface area (Å²) in [5, 5.41) is 10.9. The van der Waals surface area contributed by atoms with E-state index in [1.165, 1.54) is 0 Å². The number of aliphatic imine (C=N–C) groups is 1. The molecule has 0 amide bonds. The average Bonchev–Trinajstić information content (AvgIpc) is 3.35. The van der Waals surface area contributed by atoms with E-state index in [4.69, 9.17) is 14.5 Å². The maximum absolute atomic E-state index is 5.70. The topological polar surface area (TPSA) is 72.7 Å². The number of fused-ring (bicyclic) bond motifs is 2. The Kier molecular flexibility index (Phi) is 3.97. The molecule has 0 bridgehead atoms. The number of aromatic nitrogens is 2. The first-order valence-corrected chi connectivity index (χ1v) is 8.47.